The first-order valence-electron chi connectivity index (χ1n) is 8.39. The summed E-state index contributed by atoms with van der Waals surface area (Å²) < 4.78 is 24.5. The largest absolute Gasteiger partial charge is 0.493 e. The fraction of sp³-hybridized carbons (Fsp3) is 0.200. The van der Waals surface area contributed by atoms with Crippen LogP contribution in [0.3, 0.4) is 0 Å². The standard InChI is InChI=1S/C20H20ClFN2O4/c1-12(2)28-17-9-7-13(11-18(17)27-3)20(26)24-23-19(25)10-8-14-15(21)5-4-6-16(14)22/h4-12H,1-3H3,(H,23,25)(H,24,26)/b10-8+. The number of nitrogens with one attached hydrogen (secondary N) is 2. The predicted molar refractivity (Wildman–Crippen MR) is 105 cm³/mol. The lowest BCUT2D eigenvalue weighted by molar-refractivity contribution is -0.117. The molecule has 0 fully saturated rings. The molecule has 0 aliphatic rings. The normalized spacial score (nSPS) is 10.8. The maximum Gasteiger partial charge on any atom is 0.269 e. The summed E-state index contributed by atoms with van der Waals surface area (Å²) in [6, 6.07) is 8.83. The van der Waals surface area contributed by atoms with Crippen LogP contribution < -0.4 is 20.3 Å². The molecule has 0 radical (unpaired) electrons. The summed E-state index contributed by atoms with van der Waals surface area (Å²) in [6.45, 7) is 3.75. The molecule has 0 saturated carbocycles. The van der Waals surface area contributed by atoms with E-state index in [0.29, 0.717) is 11.5 Å². The first-order chi connectivity index (χ1) is 13.3. The Morgan fingerprint density at radius 3 is 2.54 bits per heavy atom. The quantitative estimate of drug-likeness (QED) is 0.566. The predicted octanol–water partition coefficient (Wildman–Crippen LogP) is 3.75. The Morgan fingerprint density at radius 1 is 1.14 bits per heavy atom. The summed E-state index contributed by atoms with van der Waals surface area (Å²) >= 11 is 5.88. The minimum absolute atomic E-state index is 0.0531. The van der Waals surface area contributed by atoms with Crippen LogP contribution in [0.5, 0.6) is 11.5 Å². The number of halogens is 2. The van der Waals surface area contributed by atoms with Crippen molar-refractivity contribution in [1.29, 1.82) is 0 Å². The van der Waals surface area contributed by atoms with E-state index in [9.17, 15) is 14.0 Å². The number of hydrazine groups is 1. The molecule has 2 rings (SSSR count). The molecule has 2 amide bonds. The van der Waals surface area contributed by atoms with Gasteiger partial charge >= 0.3 is 0 Å². The molecule has 0 aliphatic carbocycles. The van der Waals surface area contributed by atoms with E-state index in [2.05, 4.69) is 10.9 Å². The van der Waals surface area contributed by atoms with Crippen molar-refractivity contribution in [3.8, 4) is 11.5 Å². The molecular weight excluding hydrogens is 387 g/mol. The van der Waals surface area contributed by atoms with Gasteiger partial charge in [0.25, 0.3) is 11.8 Å². The minimum Gasteiger partial charge on any atom is -0.493 e. The Kier molecular flexibility index (Phi) is 7.40. The van der Waals surface area contributed by atoms with E-state index in [1.165, 1.54) is 43.5 Å². The zero-order chi connectivity index (χ0) is 20.7. The summed E-state index contributed by atoms with van der Waals surface area (Å²) in [4.78, 5) is 24.1. The van der Waals surface area contributed by atoms with Crippen molar-refractivity contribution >= 4 is 29.5 Å². The first kappa shape index (κ1) is 21.2. The van der Waals surface area contributed by atoms with Crippen molar-refractivity contribution in [2.24, 2.45) is 0 Å². The van der Waals surface area contributed by atoms with E-state index in [0.717, 1.165) is 6.08 Å². The molecule has 0 atom stereocenters. The molecule has 6 nitrogen and oxygen atoms in total. The van der Waals surface area contributed by atoms with Crippen LogP contribution in [0.4, 0.5) is 4.39 Å². The van der Waals surface area contributed by atoms with Crippen molar-refractivity contribution < 1.29 is 23.5 Å². The second-order valence-electron chi connectivity index (χ2n) is 5.94. The molecule has 2 aromatic rings. The molecular formula is C20H20ClFN2O4. The molecule has 0 heterocycles. The molecule has 0 bridgehead atoms. The Balaban J connectivity index is 1.99. The smallest absolute Gasteiger partial charge is 0.269 e. The SMILES string of the molecule is COc1cc(C(=O)NNC(=O)/C=C/c2c(F)cccc2Cl)ccc1OC(C)C. The highest BCUT2D eigenvalue weighted by Gasteiger charge is 2.12. The van der Waals surface area contributed by atoms with Gasteiger partial charge in [0.05, 0.1) is 18.2 Å². The third kappa shape index (κ3) is 5.72. The molecule has 2 N–H and O–H groups in total. The van der Waals surface area contributed by atoms with Gasteiger partial charge in [-0.2, -0.15) is 0 Å². The number of carbonyl (C=O) groups excluding carboxylic acids is 2. The molecule has 0 unspecified atom stereocenters. The van der Waals surface area contributed by atoms with Gasteiger partial charge in [-0.25, -0.2) is 4.39 Å². The van der Waals surface area contributed by atoms with E-state index in [1.54, 1.807) is 6.07 Å². The number of carbonyl (C=O) groups is 2. The van der Waals surface area contributed by atoms with Gasteiger partial charge in [0.2, 0.25) is 0 Å². The maximum atomic E-state index is 13.7. The van der Waals surface area contributed by atoms with Crippen molar-refractivity contribution in [2.45, 2.75) is 20.0 Å². The maximum absolute atomic E-state index is 13.7. The summed E-state index contributed by atoms with van der Waals surface area (Å²) in [6.07, 6.45) is 2.23. The Morgan fingerprint density at radius 2 is 1.89 bits per heavy atom. The van der Waals surface area contributed by atoms with Gasteiger partial charge in [-0.3, -0.25) is 20.4 Å². The third-order valence-electron chi connectivity index (χ3n) is 3.49. The average molecular weight is 407 g/mol. The lowest BCUT2D eigenvalue weighted by atomic mass is 10.2. The van der Waals surface area contributed by atoms with E-state index < -0.39 is 17.6 Å². The second-order valence-corrected chi connectivity index (χ2v) is 6.35. The van der Waals surface area contributed by atoms with Crippen LogP contribution in [-0.2, 0) is 4.79 Å². The number of methoxy groups -OCH3 is 1. The van der Waals surface area contributed by atoms with Crippen LogP contribution in [0.2, 0.25) is 5.02 Å². The molecule has 2 aromatic carbocycles. The second kappa shape index (κ2) is 9.75. The van der Waals surface area contributed by atoms with Crippen molar-refractivity contribution in [3.05, 3.63) is 64.4 Å². The fourth-order valence-corrected chi connectivity index (χ4v) is 2.45. The van der Waals surface area contributed by atoms with Crippen LogP contribution in [-0.4, -0.2) is 25.0 Å². The highest BCUT2D eigenvalue weighted by atomic mass is 35.5. The topological polar surface area (TPSA) is 76.7 Å². The molecule has 0 saturated heterocycles. The highest BCUT2D eigenvalue weighted by molar-refractivity contribution is 6.32. The number of benzene rings is 2. The zero-order valence-electron chi connectivity index (χ0n) is 15.6. The van der Waals surface area contributed by atoms with E-state index >= 15 is 0 Å². The van der Waals surface area contributed by atoms with Crippen LogP contribution in [0, 0.1) is 5.82 Å². The van der Waals surface area contributed by atoms with Crippen LogP contribution in [0.1, 0.15) is 29.8 Å². The lowest BCUT2D eigenvalue weighted by Gasteiger charge is -2.14. The van der Waals surface area contributed by atoms with Gasteiger partial charge in [0.15, 0.2) is 11.5 Å². The molecule has 28 heavy (non-hydrogen) atoms. The Bertz CT molecular complexity index is 880. The lowest BCUT2D eigenvalue weighted by Crippen LogP contribution is -2.40. The average Bonchev–Trinajstić information content (AvgIpc) is 2.65. The Hall–Kier alpha value is -3.06. The van der Waals surface area contributed by atoms with Gasteiger partial charge in [-0.15, -0.1) is 0 Å². The van der Waals surface area contributed by atoms with Crippen LogP contribution in [0.25, 0.3) is 6.08 Å². The fourth-order valence-electron chi connectivity index (χ4n) is 2.22. The van der Waals surface area contributed by atoms with Gasteiger partial charge in [0.1, 0.15) is 5.82 Å². The summed E-state index contributed by atoms with van der Waals surface area (Å²) in [5.41, 5.74) is 4.81. The van der Waals surface area contributed by atoms with Gasteiger partial charge in [-0.05, 0) is 50.3 Å². The monoisotopic (exact) mass is 406 g/mol. The van der Waals surface area contributed by atoms with Crippen molar-refractivity contribution in [2.75, 3.05) is 7.11 Å². The molecule has 0 spiro atoms. The van der Waals surface area contributed by atoms with E-state index in [-0.39, 0.29) is 22.3 Å². The van der Waals surface area contributed by atoms with Crippen molar-refractivity contribution in [3.63, 3.8) is 0 Å². The number of amides is 2. The van der Waals surface area contributed by atoms with Crippen LogP contribution in [0.15, 0.2) is 42.5 Å². The number of hydrogen-bond acceptors (Lipinski definition) is 4. The number of rotatable bonds is 6. The number of ether oxygens (including phenoxy) is 2. The summed E-state index contributed by atoms with van der Waals surface area (Å²) in [7, 11) is 1.46. The summed E-state index contributed by atoms with van der Waals surface area (Å²) in [5, 5.41) is 0.170. The van der Waals surface area contributed by atoms with E-state index in [1.807, 2.05) is 13.8 Å². The number of hydrogen-bond donors (Lipinski definition) is 2. The minimum atomic E-state index is -0.653. The Labute approximate surface area is 167 Å². The molecule has 0 aromatic heterocycles. The molecule has 148 valence electrons. The third-order valence-corrected chi connectivity index (χ3v) is 3.82. The molecule has 0 aliphatic heterocycles. The molecule has 8 heteroatoms. The first-order valence-corrected chi connectivity index (χ1v) is 8.76. The van der Waals surface area contributed by atoms with Crippen molar-refractivity contribution in [1.82, 2.24) is 10.9 Å². The van der Waals surface area contributed by atoms with E-state index in [4.69, 9.17) is 21.1 Å². The van der Waals surface area contributed by atoms with Crippen LogP contribution >= 0.6 is 11.6 Å². The summed E-state index contributed by atoms with van der Waals surface area (Å²) in [5.74, 6) is -0.875. The van der Waals surface area contributed by atoms with Gasteiger partial charge < -0.3 is 9.47 Å². The highest BCUT2D eigenvalue weighted by Crippen LogP contribution is 2.28. The zero-order valence-corrected chi connectivity index (χ0v) is 16.3. The van der Waals surface area contributed by atoms with Gasteiger partial charge in [-0.1, -0.05) is 17.7 Å². The van der Waals surface area contributed by atoms with Gasteiger partial charge in [0, 0.05) is 17.2 Å².